The fraction of sp³-hybridized carbons (Fsp3) is 0.333. The molecule has 2 aromatic heterocycles. The van der Waals surface area contributed by atoms with Gasteiger partial charge in [0.25, 0.3) is 0 Å². The maximum atomic E-state index is 12.5. The molecule has 142 valence electrons. The lowest BCUT2D eigenvalue weighted by Crippen LogP contribution is -2.29. The molecule has 1 aromatic carbocycles. The molecule has 0 atom stereocenters. The number of thiophene rings is 1. The van der Waals surface area contributed by atoms with Crippen molar-refractivity contribution < 1.29 is 9.53 Å². The van der Waals surface area contributed by atoms with E-state index in [4.69, 9.17) is 4.74 Å². The van der Waals surface area contributed by atoms with Crippen molar-refractivity contribution in [2.24, 2.45) is 0 Å². The van der Waals surface area contributed by atoms with E-state index in [9.17, 15) is 9.59 Å². The molecule has 0 saturated carbocycles. The highest BCUT2D eigenvalue weighted by Gasteiger charge is 2.18. The van der Waals surface area contributed by atoms with Crippen molar-refractivity contribution in [3.05, 3.63) is 51.8 Å². The number of rotatable bonds is 5. The normalized spacial score (nSPS) is 11.4. The van der Waals surface area contributed by atoms with Crippen LogP contribution in [0.15, 0.2) is 40.5 Å². The van der Waals surface area contributed by atoms with Gasteiger partial charge >= 0.3 is 5.69 Å². The monoisotopic (exact) mass is 387 g/mol. The van der Waals surface area contributed by atoms with E-state index in [2.05, 4.69) is 36.5 Å². The van der Waals surface area contributed by atoms with Crippen molar-refractivity contribution in [1.29, 1.82) is 0 Å². The van der Waals surface area contributed by atoms with E-state index in [1.165, 1.54) is 16.0 Å². The molecule has 3 aromatic rings. The summed E-state index contributed by atoms with van der Waals surface area (Å²) in [5.41, 5.74) is 1.06. The number of amides is 1. The Labute approximate surface area is 160 Å². The lowest BCUT2D eigenvalue weighted by molar-refractivity contribution is -0.117. The van der Waals surface area contributed by atoms with Crippen LogP contribution in [0.4, 0.5) is 5.69 Å². The number of carbonyl (C=O) groups excluding carboxylic acids is 1. The van der Waals surface area contributed by atoms with E-state index in [1.807, 2.05) is 29.6 Å². The van der Waals surface area contributed by atoms with Crippen molar-refractivity contribution in [3.8, 4) is 10.8 Å². The highest BCUT2D eigenvalue weighted by Crippen LogP contribution is 2.31. The molecule has 0 bridgehead atoms. The zero-order chi connectivity index (χ0) is 19.6. The zero-order valence-electron chi connectivity index (χ0n) is 15.6. The molecule has 9 heteroatoms. The van der Waals surface area contributed by atoms with Crippen molar-refractivity contribution in [3.63, 3.8) is 0 Å². The summed E-state index contributed by atoms with van der Waals surface area (Å²) in [5, 5.41) is 12.9. The minimum atomic E-state index is -0.469. The van der Waals surface area contributed by atoms with Crippen LogP contribution in [0.1, 0.15) is 26.3 Å². The van der Waals surface area contributed by atoms with Gasteiger partial charge in [-0.2, -0.15) is 9.36 Å². The van der Waals surface area contributed by atoms with Crippen molar-refractivity contribution in [2.45, 2.75) is 32.7 Å². The second-order valence-electron chi connectivity index (χ2n) is 7.00. The topological polar surface area (TPSA) is 91.0 Å². The third-order valence-corrected chi connectivity index (χ3v) is 4.83. The van der Waals surface area contributed by atoms with Gasteiger partial charge in [-0.1, -0.05) is 26.8 Å². The van der Waals surface area contributed by atoms with E-state index in [0.717, 1.165) is 10.2 Å². The molecule has 0 fully saturated rings. The minimum absolute atomic E-state index is 0.0773. The average Bonchev–Trinajstić information content (AvgIpc) is 3.24. The number of nitrogens with zero attached hydrogens (tertiary/aromatic N) is 4. The summed E-state index contributed by atoms with van der Waals surface area (Å²) >= 11 is 1.36. The van der Waals surface area contributed by atoms with E-state index in [-0.39, 0.29) is 17.9 Å². The third-order valence-electron chi connectivity index (χ3n) is 3.99. The second kappa shape index (κ2) is 7.36. The number of anilines is 1. The number of methoxy groups -OCH3 is 1. The number of nitrogens with one attached hydrogen (secondary N) is 1. The molecule has 0 unspecified atom stereocenters. The van der Waals surface area contributed by atoms with Gasteiger partial charge in [0.1, 0.15) is 17.3 Å². The van der Waals surface area contributed by atoms with Gasteiger partial charge in [0.15, 0.2) is 0 Å². The van der Waals surface area contributed by atoms with Crippen LogP contribution >= 0.6 is 11.3 Å². The van der Waals surface area contributed by atoms with Crippen LogP contribution in [-0.4, -0.2) is 32.8 Å². The Balaban J connectivity index is 1.80. The fourth-order valence-electron chi connectivity index (χ4n) is 2.50. The van der Waals surface area contributed by atoms with Crippen LogP contribution in [0.5, 0.6) is 5.75 Å². The molecule has 2 heterocycles. The molecule has 0 saturated heterocycles. The fourth-order valence-corrected chi connectivity index (χ4v) is 3.17. The SMILES string of the molecule is COc1ccc(C(C)(C)C)cc1NC(=O)Cn1nnn(-c2cccs2)c1=O. The summed E-state index contributed by atoms with van der Waals surface area (Å²) in [6.45, 7) is 6.02. The van der Waals surface area contributed by atoms with Crippen LogP contribution in [-0.2, 0) is 16.8 Å². The first kappa shape index (κ1) is 18.8. The van der Waals surface area contributed by atoms with E-state index in [1.54, 1.807) is 13.2 Å². The summed E-state index contributed by atoms with van der Waals surface area (Å²) in [6, 6.07) is 9.23. The van der Waals surface area contributed by atoms with Gasteiger partial charge in [0.2, 0.25) is 5.91 Å². The Morgan fingerprint density at radius 1 is 1.26 bits per heavy atom. The molecule has 0 aliphatic heterocycles. The predicted octanol–water partition coefficient (Wildman–Crippen LogP) is 2.44. The number of benzene rings is 1. The largest absolute Gasteiger partial charge is 0.495 e. The number of tetrazole rings is 1. The zero-order valence-corrected chi connectivity index (χ0v) is 16.4. The number of hydrogen-bond acceptors (Lipinski definition) is 6. The summed E-state index contributed by atoms with van der Waals surface area (Å²) < 4.78 is 7.52. The Morgan fingerprint density at radius 2 is 2.04 bits per heavy atom. The number of aromatic nitrogens is 4. The smallest absolute Gasteiger partial charge is 0.369 e. The van der Waals surface area contributed by atoms with Gasteiger partial charge in [-0.3, -0.25) is 4.79 Å². The lowest BCUT2D eigenvalue weighted by atomic mass is 9.87. The quantitative estimate of drug-likeness (QED) is 0.726. The Kier molecular flexibility index (Phi) is 5.13. The third kappa shape index (κ3) is 4.08. The molecular formula is C18H21N5O3S. The van der Waals surface area contributed by atoms with Crippen LogP contribution in [0.25, 0.3) is 5.00 Å². The van der Waals surface area contributed by atoms with Gasteiger partial charge in [-0.25, -0.2) is 4.79 Å². The van der Waals surface area contributed by atoms with Crippen molar-refractivity contribution in [1.82, 2.24) is 19.8 Å². The molecule has 3 rings (SSSR count). The molecule has 1 amide bonds. The van der Waals surface area contributed by atoms with E-state index >= 15 is 0 Å². The average molecular weight is 387 g/mol. The summed E-state index contributed by atoms with van der Waals surface area (Å²) in [6.07, 6.45) is 0. The molecule has 0 aliphatic rings. The molecule has 8 nitrogen and oxygen atoms in total. The van der Waals surface area contributed by atoms with Gasteiger partial charge < -0.3 is 10.1 Å². The number of ether oxygens (including phenoxy) is 1. The molecule has 1 N–H and O–H groups in total. The predicted molar refractivity (Wildman–Crippen MR) is 104 cm³/mol. The lowest BCUT2D eigenvalue weighted by Gasteiger charge is -2.21. The van der Waals surface area contributed by atoms with Gasteiger partial charge in [-0.15, -0.1) is 11.3 Å². The maximum absolute atomic E-state index is 12.5. The highest BCUT2D eigenvalue weighted by atomic mass is 32.1. The Bertz CT molecular complexity index is 999. The first-order valence-corrected chi connectivity index (χ1v) is 9.22. The van der Waals surface area contributed by atoms with Gasteiger partial charge in [-0.05, 0) is 51.1 Å². The van der Waals surface area contributed by atoms with Crippen LogP contribution < -0.4 is 15.7 Å². The minimum Gasteiger partial charge on any atom is -0.495 e. The van der Waals surface area contributed by atoms with Crippen molar-refractivity contribution >= 4 is 22.9 Å². The highest BCUT2D eigenvalue weighted by molar-refractivity contribution is 7.12. The van der Waals surface area contributed by atoms with Gasteiger partial charge in [0.05, 0.1) is 12.8 Å². The van der Waals surface area contributed by atoms with Crippen LogP contribution in [0.2, 0.25) is 0 Å². The molecule has 0 spiro atoms. The molecule has 0 radical (unpaired) electrons. The summed E-state index contributed by atoms with van der Waals surface area (Å²) in [4.78, 5) is 24.8. The molecular weight excluding hydrogens is 366 g/mol. The van der Waals surface area contributed by atoms with E-state index in [0.29, 0.717) is 16.4 Å². The Morgan fingerprint density at radius 3 is 2.67 bits per heavy atom. The number of hydrogen-bond donors (Lipinski definition) is 1. The van der Waals surface area contributed by atoms with Gasteiger partial charge in [0, 0.05) is 0 Å². The molecule has 0 aliphatic carbocycles. The standard InChI is InChI=1S/C18H21N5O3S/c1-18(2,3)12-7-8-14(26-4)13(10-12)19-15(24)11-22-17(25)23(21-20-22)16-6-5-9-27-16/h5-10H,11H2,1-4H3,(H,19,24). The van der Waals surface area contributed by atoms with E-state index < -0.39 is 5.69 Å². The van der Waals surface area contributed by atoms with Crippen LogP contribution in [0, 0.1) is 0 Å². The Hall–Kier alpha value is -2.94. The van der Waals surface area contributed by atoms with Crippen molar-refractivity contribution in [2.75, 3.05) is 12.4 Å². The van der Waals surface area contributed by atoms with Crippen LogP contribution in [0.3, 0.4) is 0 Å². The molecule has 27 heavy (non-hydrogen) atoms. The summed E-state index contributed by atoms with van der Waals surface area (Å²) in [5.74, 6) is 0.158. The first-order chi connectivity index (χ1) is 12.8. The second-order valence-corrected chi connectivity index (χ2v) is 7.92. The summed E-state index contributed by atoms with van der Waals surface area (Å²) in [7, 11) is 1.54. The number of carbonyl (C=O) groups is 1. The maximum Gasteiger partial charge on any atom is 0.369 e. The first-order valence-electron chi connectivity index (χ1n) is 8.34.